The molecule has 0 saturated heterocycles. The summed E-state index contributed by atoms with van der Waals surface area (Å²) in [5.74, 6) is -0.717. The van der Waals surface area contributed by atoms with Crippen LogP contribution in [-0.4, -0.2) is 22.5 Å². The van der Waals surface area contributed by atoms with Crippen LogP contribution in [0.3, 0.4) is 0 Å². The van der Waals surface area contributed by atoms with Crippen molar-refractivity contribution in [2.24, 2.45) is 0 Å². The fourth-order valence-corrected chi connectivity index (χ4v) is 2.71. The maximum Gasteiger partial charge on any atom is 0.316 e. The maximum absolute atomic E-state index is 11.5. The summed E-state index contributed by atoms with van der Waals surface area (Å²) in [5, 5.41) is 12.5. The van der Waals surface area contributed by atoms with Gasteiger partial charge in [0.2, 0.25) is 5.75 Å². The Balaban J connectivity index is 2.01. The SMILES string of the molecule is CCOc1cc(C=Cc2ccc3ccccc3n2)cc([N+](=O)[O-])c1OC(C)=O. The molecule has 3 rings (SSSR count). The minimum absolute atomic E-state index is 0.137. The molecule has 0 N–H and O–H groups in total. The number of hydrogen-bond donors (Lipinski definition) is 0. The summed E-state index contributed by atoms with van der Waals surface area (Å²) in [7, 11) is 0. The fraction of sp³-hybridized carbons (Fsp3) is 0.143. The molecule has 0 aliphatic carbocycles. The van der Waals surface area contributed by atoms with E-state index in [2.05, 4.69) is 4.98 Å². The molecule has 7 heteroatoms. The number of benzene rings is 2. The third kappa shape index (κ3) is 4.32. The monoisotopic (exact) mass is 378 g/mol. The maximum atomic E-state index is 11.5. The van der Waals surface area contributed by atoms with Gasteiger partial charge >= 0.3 is 11.7 Å². The van der Waals surface area contributed by atoms with Gasteiger partial charge in [-0.2, -0.15) is 0 Å². The van der Waals surface area contributed by atoms with Gasteiger partial charge in [0.05, 0.1) is 22.7 Å². The van der Waals surface area contributed by atoms with Crippen molar-refractivity contribution in [3.05, 3.63) is 69.9 Å². The molecular weight excluding hydrogens is 360 g/mol. The van der Waals surface area contributed by atoms with E-state index >= 15 is 0 Å². The molecule has 0 atom stereocenters. The average molecular weight is 378 g/mol. The summed E-state index contributed by atoms with van der Waals surface area (Å²) in [6.45, 7) is 3.19. The minimum Gasteiger partial charge on any atom is -0.490 e. The van der Waals surface area contributed by atoms with Crippen molar-refractivity contribution in [1.29, 1.82) is 0 Å². The number of hydrogen-bond acceptors (Lipinski definition) is 6. The molecule has 1 aromatic heterocycles. The van der Waals surface area contributed by atoms with Crippen molar-refractivity contribution in [3.8, 4) is 11.5 Å². The van der Waals surface area contributed by atoms with E-state index in [1.165, 1.54) is 13.0 Å². The fourth-order valence-electron chi connectivity index (χ4n) is 2.71. The van der Waals surface area contributed by atoms with Gasteiger partial charge in [0.25, 0.3) is 0 Å². The molecule has 0 amide bonds. The highest BCUT2D eigenvalue weighted by Gasteiger charge is 2.23. The van der Waals surface area contributed by atoms with E-state index in [1.807, 2.05) is 36.4 Å². The zero-order chi connectivity index (χ0) is 20.1. The van der Waals surface area contributed by atoms with Gasteiger partial charge in [0.1, 0.15) is 0 Å². The Morgan fingerprint density at radius 3 is 2.68 bits per heavy atom. The predicted octanol–water partition coefficient (Wildman–Crippen LogP) is 4.64. The van der Waals surface area contributed by atoms with E-state index < -0.39 is 10.9 Å². The number of fused-ring (bicyclic) bond motifs is 1. The molecule has 7 nitrogen and oxygen atoms in total. The van der Waals surface area contributed by atoms with Crippen LogP contribution in [-0.2, 0) is 4.79 Å². The second kappa shape index (κ2) is 8.30. The van der Waals surface area contributed by atoms with Crippen LogP contribution in [0.4, 0.5) is 5.69 Å². The third-order valence-electron chi connectivity index (χ3n) is 3.87. The molecule has 0 spiro atoms. The molecule has 28 heavy (non-hydrogen) atoms. The van der Waals surface area contributed by atoms with Gasteiger partial charge in [-0.3, -0.25) is 14.9 Å². The highest BCUT2D eigenvalue weighted by Crippen LogP contribution is 2.39. The van der Waals surface area contributed by atoms with Gasteiger partial charge in [-0.25, -0.2) is 4.98 Å². The standard InChI is InChI=1S/C21H18N2O5/c1-3-27-20-13-15(12-19(23(25)26)21(20)28-14(2)24)8-10-17-11-9-16-6-4-5-7-18(16)22-17/h4-13H,3H2,1-2H3. The number of pyridine rings is 1. The lowest BCUT2D eigenvalue weighted by molar-refractivity contribution is -0.385. The van der Waals surface area contributed by atoms with Crippen molar-refractivity contribution >= 4 is 34.7 Å². The van der Waals surface area contributed by atoms with Crippen LogP contribution in [0.1, 0.15) is 25.1 Å². The van der Waals surface area contributed by atoms with Gasteiger partial charge in [0.15, 0.2) is 5.75 Å². The molecule has 3 aromatic rings. The number of nitrogens with zero attached hydrogens (tertiary/aromatic N) is 2. The van der Waals surface area contributed by atoms with Gasteiger partial charge in [0, 0.05) is 18.4 Å². The highest BCUT2D eigenvalue weighted by molar-refractivity contribution is 5.81. The number of aromatic nitrogens is 1. The van der Waals surface area contributed by atoms with Crippen molar-refractivity contribution in [3.63, 3.8) is 0 Å². The number of ether oxygens (including phenoxy) is 2. The number of carbonyl (C=O) groups is 1. The molecule has 0 aliphatic heterocycles. The molecule has 0 radical (unpaired) electrons. The van der Waals surface area contributed by atoms with E-state index in [-0.39, 0.29) is 23.8 Å². The number of nitro groups is 1. The lowest BCUT2D eigenvalue weighted by atomic mass is 10.1. The Morgan fingerprint density at radius 2 is 1.96 bits per heavy atom. The summed E-state index contributed by atoms with van der Waals surface area (Å²) < 4.78 is 10.5. The van der Waals surface area contributed by atoms with Gasteiger partial charge < -0.3 is 9.47 Å². The third-order valence-corrected chi connectivity index (χ3v) is 3.87. The molecule has 0 fully saturated rings. The molecule has 0 saturated carbocycles. The first-order valence-electron chi connectivity index (χ1n) is 8.65. The lowest BCUT2D eigenvalue weighted by Crippen LogP contribution is -2.07. The van der Waals surface area contributed by atoms with Crippen LogP contribution in [0.2, 0.25) is 0 Å². The van der Waals surface area contributed by atoms with Gasteiger partial charge in [-0.1, -0.05) is 30.3 Å². The summed E-state index contributed by atoms with van der Waals surface area (Å²) in [4.78, 5) is 26.7. The lowest BCUT2D eigenvalue weighted by Gasteiger charge is -2.11. The van der Waals surface area contributed by atoms with Crippen LogP contribution in [0.5, 0.6) is 11.5 Å². The van der Waals surface area contributed by atoms with Gasteiger partial charge in [-0.15, -0.1) is 0 Å². The van der Waals surface area contributed by atoms with E-state index in [1.54, 1.807) is 25.1 Å². The summed E-state index contributed by atoms with van der Waals surface area (Å²) in [6.07, 6.45) is 3.46. The van der Waals surface area contributed by atoms with Crippen molar-refractivity contribution in [2.75, 3.05) is 6.61 Å². The topological polar surface area (TPSA) is 91.6 Å². The number of para-hydroxylation sites is 1. The average Bonchev–Trinajstić information content (AvgIpc) is 2.67. The van der Waals surface area contributed by atoms with Crippen LogP contribution in [0, 0.1) is 10.1 Å². The smallest absolute Gasteiger partial charge is 0.316 e. The van der Waals surface area contributed by atoms with Crippen LogP contribution in [0.15, 0.2) is 48.5 Å². The number of nitro benzene ring substituents is 1. The number of carbonyl (C=O) groups excluding carboxylic acids is 1. The first kappa shape index (κ1) is 19.0. The van der Waals surface area contributed by atoms with Crippen molar-refractivity contribution in [2.45, 2.75) is 13.8 Å². The Labute approximate surface area is 161 Å². The molecule has 1 heterocycles. The highest BCUT2D eigenvalue weighted by atomic mass is 16.6. The molecule has 0 aliphatic rings. The van der Waals surface area contributed by atoms with Gasteiger partial charge in [-0.05, 0) is 36.8 Å². The second-order valence-corrected chi connectivity index (χ2v) is 5.91. The van der Waals surface area contributed by atoms with E-state index in [0.717, 1.165) is 10.9 Å². The molecule has 2 aromatic carbocycles. The first-order chi connectivity index (χ1) is 13.5. The number of rotatable bonds is 6. The second-order valence-electron chi connectivity index (χ2n) is 5.91. The normalized spacial score (nSPS) is 10.9. The van der Waals surface area contributed by atoms with E-state index in [0.29, 0.717) is 11.3 Å². The predicted molar refractivity (Wildman–Crippen MR) is 106 cm³/mol. The largest absolute Gasteiger partial charge is 0.490 e. The summed E-state index contributed by atoms with van der Waals surface area (Å²) in [5.41, 5.74) is 1.76. The summed E-state index contributed by atoms with van der Waals surface area (Å²) in [6, 6.07) is 14.5. The Bertz CT molecular complexity index is 1080. The molecular formula is C21H18N2O5. The zero-order valence-corrected chi connectivity index (χ0v) is 15.4. The Morgan fingerprint density at radius 1 is 1.18 bits per heavy atom. The Kier molecular flexibility index (Phi) is 5.64. The van der Waals surface area contributed by atoms with Crippen molar-refractivity contribution in [1.82, 2.24) is 4.98 Å². The quantitative estimate of drug-likeness (QED) is 0.269. The summed E-state index contributed by atoms with van der Waals surface area (Å²) >= 11 is 0. The zero-order valence-electron chi connectivity index (χ0n) is 15.4. The van der Waals surface area contributed by atoms with Crippen LogP contribution >= 0.6 is 0 Å². The molecule has 0 bridgehead atoms. The van der Waals surface area contributed by atoms with E-state index in [4.69, 9.17) is 9.47 Å². The molecule has 142 valence electrons. The van der Waals surface area contributed by atoms with Crippen LogP contribution in [0.25, 0.3) is 23.1 Å². The first-order valence-corrected chi connectivity index (χ1v) is 8.65. The van der Waals surface area contributed by atoms with E-state index in [9.17, 15) is 14.9 Å². The number of esters is 1. The minimum atomic E-state index is -0.660. The Hall–Kier alpha value is -3.74. The van der Waals surface area contributed by atoms with Crippen LogP contribution < -0.4 is 9.47 Å². The molecule has 0 unspecified atom stereocenters. The van der Waals surface area contributed by atoms with Crippen molar-refractivity contribution < 1.29 is 19.2 Å².